The lowest BCUT2D eigenvalue weighted by molar-refractivity contribution is -0.119. The first-order valence-electron chi connectivity index (χ1n) is 5.28. The van der Waals surface area contributed by atoms with E-state index in [4.69, 9.17) is 5.73 Å². The third-order valence-electron chi connectivity index (χ3n) is 2.61. The molecule has 0 aliphatic heterocycles. The van der Waals surface area contributed by atoms with Crippen molar-refractivity contribution in [1.82, 2.24) is 0 Å². The minimum atomic E-state index is -0.292. The van der Waals surface area contributed by atoms with Crippen LogP contribution in [0.5, 0.6) is 5.75 Å². The summed E-state index contributed by atoms with van der Waals surface area (Å²) in [6.45, 7) is 5.43. The Kier molecular flexibility index (Phi) is 5.99. The van der Waals surface area contributed by atoms with E-state index in [2.05, 4.69) is 5.32 Å². The minimum Gasteiger partial charge on any atom is -0.506 e. The number of nitrogens with one attached hydrogen (secondary N) is 1. The molecule has 1 rings (SSSR count). The minimum absolute atomic E-state index is 0. The second kappa shape index (κ2) is 6.47. The quantitative estimate of drug-likeness (QED) is 0.727. The molecule has 0 spiro atoms. The third-order valence-corrected chi connectivity index (χ3v) is 2.61. The number of phenols is 1. The average molecular weight is 259 g/mol. The van der Waals surface area contributed by atoms with Crippen LogP contribution in [-0.4, -0.2) is 17.1 Å². The zero-order chi connectivity index (χ0) is 12.3. The number of aromatic hydroxyl groups is 1. The Morgan fingerprint density at radius 2 is 2.00 bits per heavy atom. The number of hydrogen-bond donors (Lipinski definition) is 3. The number of nitrogens with two attached hydrogens (primary N) is 1. The Morgan fingerprint density at radius 1 is 1.41 bits per heavy atom. The maximum absolute atomic E-state index is 11.7. The standard InChI is InChI=1S/C12H18N2O2.ClH/c1-7-4-5-11(15)10(6-7)14-12(16)8(2)9(3)13;/h4-6,8-9,15H,13H2,1-3H3,(H,14,16);1H. The SMILES string of the molecule is Cc1ccc(O)c(NC(=O)C(C)C(C)N)c1.Cl. The van der Waals surface area contributed by atoms with Crippen LogP contribution in [-0.2, 0) is 4.79 Å². The molecular weight excluding hydrogens is 240 g/mol. The number of anilines is 1. The largest absolute Gasteiger partial charge is 0.506 e. The van der Waals surface area contributed by atoms with Crippen molar-refractivity contribution >= 4 is 24.0 Å². The van der Waals surface area contributed by atoms with Crippen LogP contribution in [0.25, 0.3) is 0 Å². The normalized spacial score (nSPS) is 13.4. The third kappa shape index (κ3) is 4.24. The molecule has 2 unspecified atom stereocenters. The van der Waals surface area contributed by atoms with Gasteiger partial charge in [-0.1, -0.05) is 13.0 Å². The monoisotopic (exact) mass is 258 g/mol. The summed E-state index contributed by atoms with van der Waals surface area (Å²) < 4.78 is 0. The van der Waals surface area contributed by atoms with Crippen molar-refractivity contribution < 1.29 is 9.90 Å². The van der Waals surface area contributed by atoms with Crippen LogP contribution in [0.3, 0.4) is 0 Å². The summed E-state index contributed by atoms with van der Waals surface area (Å²) in [5, 5.41) is 12.2. The van der Waals surface area contributed by atoms with Crippen molar-refractivity contribution in [3.63, 3.8) is 0 Å². The lowest BCUT2D eigenvalue weighted by Crippen LogP contribution is -2.34. The van der Waals surface area contributed by atoms with Gasteiger partial charge in [0.2, 0.25) is 5.91 Å². The number of rotatable bonds is 3. The van der Waals surface area contributed by atoms with Gasteiger partial charge < -0.3 is 16.2 Å². The first-order valence-corrected chi connectivity index (χ1v) is 5.28. The molecule has 96 valence electrons. The molecular formula is C12H19ClN2O2. The molecule has 0 aromatic heterocycles. The molecule has 0 saturated heterocycles. The summed E-state index contributed by atoms with van der Waals surface area (Å²) in [6.07, 6.45) is 0. The molecule has 2 atom stereocenters. The van der Waals surface area contributed by atoms with E-state index in [0.717, 1.165) is 5.56 Å². The van der Waals surface area contributed by atoms with Crippen molar-refractivity contribution in [2.75, 3.05) is 5.32 Å². The zero-order valence-corrected chi connectivity index (χ0v) is 11.0. The maximum atomic E-state index is 11.7. The van der Waals surface area contributed by atoms with Gasteiger partial charge in [0.25, 0.3) is 0 Å². The smallest absolute Gasteiger partial charge is 0.228 e. The van der Waals surface area contributed by atoms with Crippen LogP contribution >= 0.6 is 12.4 Å². The number of halogens is 1. The number of phenolic OH excluding ortho intramolecular Hbond substituents is 1. The summed E-state index contributed by atoms with van der Waals surface area (Å²) in [4.78, 5) is 11.7. The van der Waals surface area contributed by atoms with Gasteiger partial charge in [-0.2, -0.15) is 0 Å². The summed E-state index contributed by atoms with van der Waals surface area (Å²) in [7, 11) is 0. The van der Waals surface area contributed by atoms with Gasteiger partial charge in [0.1, 0.15) is 5.75 Å². The molecule has 1 aromatic rings. The predicted molar refractivity (Wildman–Crippen MR) is 71.5 cm³/mol. The number of benzene rings is 1. The van der Waals surface area contributed by atoms with Crippen LogP contribution in [0.4, 0.5) is 5.69 Å². The Bertz CT molecular complexity index is 394. The van der Waals surface area contributed by atoms with E-state index in [1.807, 2.05) is 6.92 Å². The van der Waals surface area contributed by atoms with Gasteiger partial charge in [0.15, 0.2) is 0 Å². The van der Waals surface area contributed by atoms with Crippen LogP contribution in [0.15, 0.2) is 18.2 Å². The zero-order valence-electron chi connectivity index (χ0n) is 10.2. The predicted octanol–water partition coefficient (Wildman–Crippen LogP) is 2.04. The summed E-state index contributed by atoms with van der Waals surface area (Å²) in [5.41, 5.74) is 7.04. The van der Waals surface area contributed by atoms with Gasteiger partial charge in [0, 0.05) is 6.04 Å². The average Bonchev–Trinajstić information content (AvgIpc) is 2.22. The van der Waals surface area contributed by atoms with Gasteiger partial charge >= 0.3 is 0 Å². The summed E-state index contributed by atoms with van der Waals surface area (Å²) in [6, 6.07) is 4.84. The molecule has 4 nitrogen and oxygen atoms in total. The fourth-order valence-electron chi connectivity index (χ4n) is 1.24. The van der Waals surface area contributed by atoms with Crippen LogP contribution < -0.4 is 11.1 Å². The van der Waals surface area contributed by atoms with Gasteiger partial charge in [-0.15, -0.1) is 12.4 Å². The molecule has 1 amide bonds. The van der Waals surface area contributed by atoms with Crippen LogP contribution in [0.1, 0.15) is 19.4 Å². The van der Waals surface area contributed by atoms with Crippen molar-refractivity contribution in [3.8, 4) is 5.75 Å². The topological polar surface area (TPSA) is 75.3 Å². The number of carbonyl (C=O) groups excluding carboxylic acids is 1. The Labute approximate surface area is 108 Å². The molecule has 0 aliphatic rings. The van der Waals surface area contributed by atoms with E-state index >= 15 is 0 Å². The summed E-state index contributed by atoms with van der Waals surface area (Å²) >= 11 is 0. The highest BCUT2D eigenvalue weighted by Gasteiger charge is 2.18. The first-order chi connectivity index (χ1) is 7.41. The van der Waals surface area contributed by atoms with Crippen LogP contribution in [0, 0.1) is 12.8 Å². The van der Waals surface area contributed by atoms with Crippen molar-refractivity contribution in [1.29, 1.82) is 0 Å². The fourth-order valence-corrected chi connectivity index (χ4v) is 1.24. The molecule has 0 heterocycles. The molecule has 0 fully saturated rings. The first kappa shape index (κ1) is 15.7. The Morgan fingerprint density at radius 3 is 2.53 bits per heavy atom. The number of aryl methyl sites for hydroxylation is 1. The molecule has 0 saturated carbocycles. The molecule has 0 radical (unpaired) electrons. The Balaban J connectivity index is 0.00000256. The second-order valence-electron chi connectivity index (χ2n) is 4.16. The van der Waals surface area contributed by atoms with E-state index in [-0.39, 0.29) is 36.0 Å². The van der Waals surface area contributed by atoms with E-state index < -0.39 is 0 Å². The Hall–Kier alpha value is -1.26. The second-order valence-corrected chi connectivity index (χ2v) is 4.16. The lowest BCUT2D eigenvalue weighted by Gasteiger charge is -2.16. The maximum Gasteiger partial charge on any atom is 0.228 e. The van der Waals surface area contributed by atoms with Gasteiger partial charge in [-0.25, -0.2) is 0 Å². The molecule has 0 aliphatic carbocycles. The van der Waals surface area contributed by atoms with E-state index in [1.165, 1.54) is 0 Å². The van der Waals surface area contributed by atoms with E-state index in [9.17, 15) is 9.90 Å². The molecule has 5 heteroatoms. The van der Waals surface area contributed by atoms with Crippen molar-refractivity contribution in [2.45, 2.75) is 26.8 Å². The highest BCUT2D eigenvalue weighted by Crippen LogP contribution is 2.24. The highest BCUT2D eigenvalue weighted by atomic mass is 35.5. The molecule has 4 N–H and O–H groups in total. The molecule has 0 bridgehead atoms. The number of amides is 1. The van der Waals surface area contributed by atoms with Gasteiger partial charge in [-0.05, 0) is 31.5 Å². The lowest BCUT2D eigenvalue weighted by atomic mass is 10.0. The van der Waals surface area contributed by atoms with Crippen molar-refractivity contribution in [3.05, 3.63) is 23.8 Å². The number of carbonyl (C=O) groups is 1. The highest BCUT2D eigenvalue weighted by molar-refractivity contribution is 5.94. The van der Waals surface area contributed by atoms with E-state index in [1.54, 1.807) is 32.0 Å². The summed E-state index contributed by atoms with van der Waals surface area (Å²) in [5.74, 6) is -0.411. The number of hydrogen-bond acceptors (Lipinski definition) is 3. The van der Waals surface area contributed by atoms with Crippen LogP contribution in [0.2, 0.25) is 0 Å². The van der Waals surface area contributed by atoms with Crippen molar-refractivity contribution in [2.24, 2.45) is 11.7 Å². The molecule has 1 aromatic carbocycles. The van der Waals surface area contributed by atoms with Gasteiger partial charge in [-0.3, -0.25) is 4.79 Å². The molecule has 17 heavy (non-hydrogen) atoms. The van der Waals surface area contributed by atoms with E-state index in [0.29, 0.717) is 5.69 Å². The van der Waals surface area contributed by atoms with Gasteiger partial charge in [0.05, 0.1) is 11.6 Å². The fraction of sp³-hybridized carbons (Fsp3) is 0.417.